The summed E-state index contributed by atoms with van der Waals surface area (Å²) in [6.45, 7) is 8.33. The molecule has 0 aliphatic rings. The molecular formula is C13H21N3O3. The molecule has 0 aliphatic carbocycles. The molecule has 0 spiro atoms. The molecule has 1 N–H and O–H groups in total. The molecule has 0 aliphatic heterocycles. The highest BCUT2D eigenvalue weighted by molar-refractivity contribution is 5.94. The number of nitrogens with zero attached hydrogens (tertiary/aromatic N) is 3. The average Bonchev–Trinajstić information content (AvgIpc) is 2.79. The summed E-state index contributed by atoms with van der Waals surface area (Å²) in [5.74, 6) is -1.07. The third kappa shape index (κ3) is 3.56. The van der Waals surface area contributed by atoms with Crippen LogP contribution < -0.4 is 0 Å². The summed E-state index contributed by atoms with van der Waals surface area (Å²) >= 11 is 0. The van der Waals surface area contributed by atoms with E-state index in [1.54, 1.807) is 17.7 Å². The minimum Gasteiger partial charge on any atom is -0.480 e. The van der Waals surface area contributed by atoms with E-state index in [1.165, 1.54) is 4.90 Å². The third-order valence-corrected chi connectivity index (χ3v) is 2.90. The Hall–Kier alpha value is -1.85. The highest BCUT2D eigenvalue weighted by Gasteiger charge is 2.22. The van der Waals surface area contributed by atoms with Crippen molar-refractivity contribution in [1.29, 1.82) is 0 Å². The molecule has 1 rings (SSSR count). The van der Waals surface area contributed by atoms with E-state index in [0.717, 1.165) is 5.69 Å². The Kier molecular flexibility index (Phi) is 5.09. The van der Waals surface area contributed by atoms with Gasteiger partial charge in [0.05, 0.1) is 5.69 Å². The molecule has 0 fully saturated rings. The van der Waals surface area contributed by atoms with Gasteiger partial charge < -0.3 is 10.0 Å². The number of carboxylic acids is 1. The monoisotopic (exact) mass is 267 g/mol. The van der Waals surface area contributed by atoms with Crippen LogP contribution in [0.2, 0.25) is 0 Å². The van der Waals surface area contributed by atoms with Crippen molar-refractivity contribution in [3.63, 3.8) is 0 Å². The van der Waals surface area contributed by atoms with Gasteiger partial charge in [0.25, 0.3) is 5.91 Å². The second-order valence-corrected chi connectivity index (χ2v) is 4.64. The molecule has 6 nitrogen and oxygen atoms in total. The van der Waals surface area contributed by atoms with E-state index in [0.29, 0.717) is 18.8 Å². The number of aromatic nitrogens is 2. The van der Waals surface area contributed by atoms with Gasteiger partial charge in [-0.1, -0.05) is 13.8 Å². The molecule has 0 radical (unpaired) electrons. The van der Waals surface area contributed by atoms with Crippen molar-refractivity contribution in [2.75, 3.05) is 13.1 Å². The van der Waals surface area contributed by atoms with Gasteiger partial charge in [-0.3, -0.25) is 14.3 Å². The van der Waals surface area contributed by atoms with E-state index < -0.39 is 5.97 Å². The van der Waals surface area contributed by atoms with Crippen molar-refractivity contribution in [1.82, 2.24) is 14.7 Å². The minimum atomic E-state index is -1.01. The number of hydrogen-bond acceptors (Lipinski definition) is 3. The number of carbonyl (C=O) groups excluding carboxylic acids is 1. The van der Waals surface area contributed by atoms with Gasteiger partial charge >= 0.3 is 5.97 Å². The van der Waals surface area contributed by atoms with Crippen LogP contribution >= 0.6 is 0 Å². The lowest BCUT2D eigenvalue weighted by Crippen LogP contribution is -2.36. The van der Waals surface area contributed by atoms with Gasteiger partial charge in [-0.15, -0.1) is 0 Å². The van der Waals surface area contributed by atoms with E-state index in [2.05, 4.69) is 5.10 Å². The number of rotatable bonds is 6. The van der Waals surface area contributed by atoms with Crippen LogP contribution in [0.5, 0.6) is 0 Å². The smallest absolute Gasteiger partial charge is 0.323 e. The average molecular weight is 267 g/mol. The van der Waals surface area contributed by atoms with Gasteiger partial charge in [0.1, 0.15) is 12.2 Å². The Bertz CT molecular complexity index is 466. The summed E-state index contributed by atoms with van der Waals surface area (Å²) in [4.78, 5) is 24.4. The van der Waals surface area contributed by atoms with Gasteiger partial charge in [-0.25, -0.2) is 0 Å². The molecule has 0 saturated heterocycles. The molecule has 1 aromatic rings. The van der Waals surface area contributed by atoms with Crippen molar-refractivity contribution >= 4 is 11.9 Å². The Morgan fingerprint density at radius 2 is 2.05 bits per heavy atom. The molecular weight excluding hydrogens is 246 g/mol. The van der Waals surface area contributed by atoms with Gasteiger partial charge in [-0.05, 0) is 25.8 Å². The van der Waals surface area contributed by atoms with E-state index >= 15 is 0 Å². The first kappa shape index (κ1) is 15.2. The van der Waals surface area contributed by atoms with Crippen LogP contribution in [0.25, 0.3) is 0 Å². The third-order valence-electron chi connectivity index (χ3n) is 2.90. The molecule has 1 amide bonds. The molecule has 0 bridgehead atoms. The van der Waals surface area contributed by atoms with E-state index in [4.69, 9.17) is 5.11 Å². The number of aryl methyl sites for hydroxylation is 1. The van der Waals surface area contributed by atoms with Crippen LogP contribution in [0.4, 0.5) is 0 Å². The van der Waals surface area contributed by atoms with E-state index in [1.807, 2.05) is 20.8 Å². The normalized spacial score (nSPS) is 10.8. The van der Waals surface area contributed by atoms with Crippen LogP contribution in [0.3, 0.4) is 0 Å². The largest absolute Gasteiger partial charge is 0.480 e. The van der Waals surface area contributed by atoms with Crippen LogP contribution in [0.15, 0.2) is 6.07 Å². The summed E-state index contributed by atoms with van der Waals surface area (Å²) in [5, 5.41) is 13.2. The molecule has 19 heavy (non-hydrogen) atoms. The van der Waals surface area contributed by atoms with Crippen molar-refractivity contribution in [2.24, 2.45) is 0 Å². The van der Waals surface area contributed by atoms with Crippen LogP contribution in [-0.2, 0) is 11.3 Å². The fourth-order valence-electron chi connectivity index (χ4n) is 1.78. The predicted molar refractivity (Wildman–Crippen MR) is 71.2 cm³/mol. The summed E-state index contributed by atoms with van der Waals surface area (Å²) in [5.41, 5.74) is 1.30. The van der Waals surface area contributed by atoms with Crippen molar-refractivity contribution in [3.05, 3.63) is 17.5 Å². The zero-order valence-electron chi connectivity index (χ0n) is 11.9. The van der Waals surface area contributed by atoms with Crippen molar-refractivity contribution < 1.29 is 14.7 Å². The lowest BCUT2D eigenvalue weighted by atomic mass is 10.1. The van der Waals surface area contributed by atoms with Crippen LogP contribution in [0.1, 0.15) is 49.8 Å². The van der Waals surface area contributed by atoms with Gasteiger partial charge in [0.15, 0.2) is 0 Å². The number of likely N-dealkylation sites (N-methyl/N-ethyl adjacent to an activating group) is 1. The van der Waals surface area contributed by atoms with Crippen molar-refractivity contribution in [3.8, 4) is 0 Å². The van der Waals surface area contributed by atoms with Crippen molar-refractivity contribution in [2.45, 2.75) is 40.2 Å². The quantitative estimate of drug-likeness (QED) is 0.849. The zero-order chi connectivity index (χ0) is 14.6. The van der Waals surface area contributed by atoms with Crippen LogP contribution in [0, 0.1) is 0 Å². The van der Waals surface area contributed by atoms with Gasteiger partial charge in [0.2, 0.25) is 0 Å². The maximum Gasteiger partial charge on any atom is 0.323 e. The highest BCUT2D eigenvalue weighted by Crippen LogP contribution is 2.16. The molecule has 0 saturated carbocycles. The molecule has 0 atom stereocenters. The number of aliphatic carboxylic acids is 1. The maximum atomic E-state index is 12.3. The molecule has 0 unspecified atom stereocenters. The predicted octanol–water partition coefficient (Wildman–Crippen LogP) is 1.57. The summed E-state index contributed by atoms with van der Waals surface area (Å²) in [6.07, 6.45) is 0. The fraction of sp³-hybridized carbons (Fsp3) is 0.615. The second-order valence-electron chi connectivity index (χ2n) is 4.64. The first-order chi connectivity index (χ1) is 8.90. The molecule has 6 heteroatoms. The first-order valence-electron chi connectivity index (χ1n) is 6.49. The van der Waals surface area contributed by atoms with Gasteiger partial charge in [-0.2, -0.15) is 5.10 Å². The lowest BCUT2D eigenvalue weighted by molar-refractivity contribution is -0.137. The molecule has 1 aromatic heterocycles. The van der Waals surface area contributed by atoms with E-state index in [9.17, 15) is 9.59 Å². The van der Waals surface area contributed by atoms with Crippen LogP contribution in [-0.4, -0.2) is 44.8 Å². The Balaban J connectivity index is 3.06. The number of amides is 1. The summed E-state index contributed by atoms with van der Waals surface area (Å²) in [7, 11) is 0. The zero-order valence-corrected chi connectivity index (χ0v) is 11.9. The number of hydrogen-bond donors (Lipinski definition) is 1. The highest BCUT2D eigenvalue weighted by atomic mass is 16.4. The first-order valence-corrected chi connectivity index (χ1v) is 6.49. The summed E-state index contributed by atoms with van der Waals surface area (Å²) in [6, 6.07) is 1.75. The van der Waals surface area contributed by atoms with E-state index in [-0.39, 0.29) is 18.4 Å². The van der Waals surface area contributed by atoms with Gasteiger partial charge in [0, 0.05) is 13.1 Å². The SMILES string of the molecule is CCN(CC(=O)O)C(=O)c1cc(C(C)C)nn1CC. The standard InChI is InChI=1S/C13H21N3O3/c1-5-15(8-12(17)18)13(19)11-7-10(9(3)4)14-16(11)6-2/h7,9H,5-6,8H2,1-4H3,(H,17,18). The Morgan fingerprint density at radius 3 is 2.47 bits per heavy atom. The molecule has 1 heterocycles. The lowest BCUT2D eigenvalue weighted by Gasteiger charge is -2.18. The second kappa shape index (κ2) is 6.36. The maximum absolute atomic E-state index is 12.3. The Morgan fingerprint density at radius 1 is 1.42 bits per heavy atom. The Labute approximate surface area is 113 Å². The topological polar surface area (TPSA) is 75.4 Å². The summed E-state index contributed by atoms with van der Waals surface area (Å²) < 4.78 is 1.63. The molecule has 0 aromatic carbocycles. The number of carbonyl (C=O) groups is 2. The number of carboxylic acid groups (broad SMARTS) is 1. The molecule has 106 valence electrons. The fourth-order valence-corrected chi connectivity index (χ4v) is 1.78. The minimum absolute atomic E-state index is 0.230.